The first-order valence-electron chi connectivity index (χ1n) is 8.79. The van der Waals surface area contributed by atoms with Gasteiger partial charge in [-0.15, -0.1) is 0 Å². The molecule has 142 valence electrons. The Morgan fingerprint density at radius 2 is 1.48 bits per heavy atom. The number of pyridine rings is 2. The number of benzene rings is 2. The summed E-state index contributed by atoms with van der Waals surface area (Å²) in [6, 6.07) is 19.2. The van der Waals surface area contributed by atoms with E-state index in [0.717, 1.165) is 5.39 Å². The number of hydrogen-bond acceptors (Lipinski definition) is 4. The number of nitrogens with zero attached hydrogens (tertiary/aromatic N) is 2. The smallest absolute Gasteiger partial charge is 0.274 e. The zero-order valence-electron chi connectivity index (χ0n) is 15.1. The van der Waals surface area contributed by atoms with Crippen molar-refractivity contribution in [1.82, 2.24) is 9.97 Å². The van der Waals surface area contributed by atoms with Crippen LogP contribution in [0.15, 0.2) is 79.0 Å². The van der Waals surface area contributed by atoms with Crippen molar-refractivity contribution < 1.29 is 14.0 Å². The largest absolute Gasteiger partial charge is 0.321 e. The second kappa shape index (κ2) is 7.85. The van der Waals surface area contributed by atoms with Crippen molar-refractivity contribution in [2.75, 3.05) is 10.6 Å². The molecule has 2 heterocycles. The molecule has 2 N–H and O–H groups in total. The van der Waals surface area contributed by atoms with E-state index in [1.165, 1.54) is 30.3 Å². The van der Waals surface area contributed by atoms with Crippen LogP contribution in [0.5, 0.6) is 0 Å². The summed E-state index contributed by atoms with van der Waals surface area (Å²) in [5.74, 6) is -1.48. The molecule has 2 amide bonds. The fourth-order valence-corrected chi connectivity index (χ4v) is 2.84. The number of carbonyl (C=O) groups excluding carboxylic acids is 2. The minimum absolute atomic E-state index is 0.0398. The molecule has 0 aliphatic rings. The van der Waals surface area contributed by atoms with E-state index in [0.29, 0.717) is 16.9 Å². The quantitative estimate of drug-likeness (QED) is 0.549. The molecule has 0 aliphatic carbocycles. The Morgan fingerprint density at radius 1 is 0.793 bits per heavy atom. The number of fused-ring (bicyclic) bond motifs is 1. The number of amides is 2. The molecule has 4 aromatic rings. The summed E-state index contributed by atoms with van der Waals surface area (Å²) in [5.41, 5.74) is 1.61. The topological polar surface area (TPSA) is 84.0 Å². The lowest BCUT2D eigenvalue weighted by Crippen LogP contribution is -2.18. The third-order valence-corrected chi connectivity index (χ3v) is 4.18. The number of carbonyl (C=O) groups is 2. The normalized spacial score (nSPS) is 10.5. The standard InChI is InChI=1S/C22H15FN4O2/c23-15-7-2-8-16(13-15)25-21(28)18-10-3-11-19(26-18)22(29)27-17-9-1-5-14-6-4-12-24-20(14)17/h1-13H,(H,25,28)(H,27,29). The van der Waals surface area contributed by atoms with Crippen LogP contribution in [0.2, 0.25) is 0 Å². The van der Waals surface area contributed by atoms with Crippen molar-refractivity contribution in [2.45, 2.75) is 0 Å². The van der Waals surface area contributed by atoms with Crippen LogP contribution >= 0.6 is 0 Å². The fraction of sp³-hybridized carbons (Fsp3) is 0. The molecule has 0 saturated heterocycles. The predicted octanol–water partition coefficient (Wildman–Crippen LogP) is 4.27. The van der Waals surface area contributed by atoms with Gasteiger partial charge in [0.05, 0.1) is 11.2 Å². The Hall–Kier alpha value is -4.13. The lowest BCUT2D eigenvalue weighted by atomic mass is 10.2. The first-order valence-corrected chi connectivity index (χ1v) is 8.79. The molecule has 7 heteroatoms. The molecule has 0 aliphatic heterocycles. The molecule has 6 nitrogen and oxygen atoms in total. The zero-order chi connectivity index (χ0) is 20.2. The number of nitrogens with one attached hydrogen (secondary N) is 2. The summed E-state index contributed by atoms with van der Waals surface area (Å²) in [6.45, 7) is 0. The van der Waals surface area contributed by atoms with E-state index in [1.54, 1.807) is 24.4 Å². The van der Waals surface area contributed by atoms with Gasteiger partial charge in [-0.1, -0.05) is 30.3 Å². The Bertz CT molecular complexity index is 1220. The van der Waals surface area contributed by atoms with Crippen molar-refractivity contribution in [3.8, 4) is 0 Å². The summed E-state index contributed by atoms with van der Waals surface area (Å²) in [5, 5.41) is 6.23. The minimum atomic E-state index is -0.544. The van der Waals surface area contributed by atoms with Crippen LogP contribution in [0, 0.1) is 5.82 Å². The SMILES string of the molecule is O=C(Nc1cccc(F)c1)c1cccc(C(=O)Nc2cccc3cccnc23)n1. The van der Waals surface area contributed by atoms with Gasteiger partial charge in [0.15, 0.2) is 0 Å². The Kier molecular flexibility index (Phi) is 4.94. The van der Waals surface area contributed by atoms with Gasteiger partial charge < -0.3 is 10.6 Å². The highest BCUT2D eigenvalue weighted by Crippen LogP contribution is 2.21. The van der Waals surface area contributed by atoms with Crippen LogP contribution < -0.4 is 10.6 Å². The summed E-state index contributed by atoms with van der Waals surface area (Å²) in [6.07, 6.45) is 1.65. The van der Waals surface area contributed by atoms with E-state index in [4.69, 9.17) is 0 Å². The summed E-state index contributed by atoms with van der Waals surface area (Å²) < 4.78 is 13.3. The zero-order valence-corrected chi connectivity index (χ0v) is 15.1. The highest BCUT2D eigenvalue weighted by Gasteiger charge is 2.14. The van der Waals surface area contributed by atoms with Crippen molar-refractivity contribution >= 4 is 34.1 Å². The highest BCUT2D eigenvalue weighted by molar-refractivity contribution is 6.08. The molecule has 2 aromatic carbocycles. The van der Waals surface area contributed by atoms with E-state index in [2.05, 4.69) is 20.6 Å². The molecule has 0 saturated carbocycles. The van der Waals surface area contributed by atoms with Gasteiger partial charge >= 0.3 is 0 Å². The van der Waals surface area contributed by atoms with E-state index >= 15 is 0 Å². The summed E-state index contributed by atoms with van der Waals surface area (Å²) >= 11 is 0. The van der Waals surface area contributed by atoms with Crippen molar-refractivity contribution in [3.05, 3.63) is 96.2 Å². The van der Waals surface area contributed by atoms with Crippen LogP contribution in [0.1, 0.15) is 21.0 Å². The second-order valence-corrected chi connectivity index (χ2v) is 6.21. The first-order chi connectivity index (χ1) is 14.1. The van der Waals surface area contributed by atoms with Crippen LogP contribution in [-0.2, 0) is 0 Å². The molecule has 0 unspecified atom stereocenters. The van der Waals surface area contributed by atoms with Crippen LogP contribution in [0.4, 0.5) is 15.8 Å². The second-order valence-electron chi connectivity index (χ2n) is 6.21. The summed E-state index contributed by atoms with van der Waals surface area (Å²) in [4.78, 5) is 33.5. The van der Waals surface area contributed by atoms with Crippen molar-refractivity contribution in [3.63, 3.8) is 0 Å². The van der Waals surface area contributed by atoms with Crippen molar-refractivity contribution in [2.24, 2.45) is 0 Å². The molecular formula is C22H15FN4O2. The van der Waals surface area contributed by atoms with E-state index in [1.807, 2.05) is 24.3 Å². The fourth-order valence-electron chi connectivity index (χ4n) is 2.84. The number of aromatic nitrogens is 2. The van der Waals surface area contributed by atoms with E-state index in [-0.39, 0.29) is 11.4 Å². The van der Waals surface area contributed by atoms with E-state index in [9.17, 15) is 14.0 Å². The molecule has 29 heavy (non-hydrogen) atoms. The molecule has 0 bridgehead atoms. The van der Waals surface area contributed by atoms with Gasteiger partial charge in [0.25, 0.3) is 11.8 Å². The maximum Gasteiger partial charge on any atom is 0.274 e. The van der Waals surface area contributed by atoms with Gasteiger partial charge in [-0.05, 0) is 42.5 Å². The van der Waals surface area contributed by atoms with Gasteiger partial charge in [0, 0.05) is 17.3 Å². The first kappa shape index (κ1) is 18.2. The Labute approximate surface area is 165 Å². The van der Waals surface area contributed by atoms with E-state index < -0.39 is 17.6 Å². The number of anilines is 2. The molecule has 0 fully saturated rings. The van der Waals surface area contributed by atoms with Gasteiger partial charge in [-0.3, -0.25) is 14.6 Å². The minimum Gasteiger partial charge on any atom is -0.321 e. The average Bonchev–Trinajstić information content (AvgIpc) is 2.74. The molecule has 0 atom stereocenters. The third kappa shape index (κ3) is 4.08. The van der Waals surface area contributed by atoms with Crippen molar-refractivity contribution in [1.29, 1.82) is 0 Å². The van der Waals surface area contributed by atoms with Gasteiger partial charge in [0.1, 0.15) is 17.2 Å². The van der Waals surface area contributed by atoms with Gasteiger partial charge in [-0.2, -0.15) is 0 Å². The van der Waals surface area contributed by atoms with Gasteiger partial charge in [0.2, 0.25) is 0 Å². The average molecular weight is 386 g/mol. The molecule has 0 spiro atoms. The lowest BCUT2D eigenvalue weighted by Gasteiger charge is -2.09. The molecule has 4 rings (SSSR count). The maximum absolute atomic E-state index is 13.3. The Morgan fingerprint density at radius 3 is 2.28 bits per heavy atom. The van der Waals surface area contributed by atoms with Crippen LogP contribution in [-0.4, -0.2) is 21.8 Å². The van der Waals surface area contributed by atoms with Crippen LogP contribution in [0.25, 0.3) is 10.9 Å². The van der Waals surface area contributed by atoms with Gasteiger partial charge in [-0.25, -0.2) is 9.37 Å². The highest BCUT2D eigenvalue weighted by atomic mass is 19.1. The maximum atomic E-state index is 13.3. The number of halogens is 1. The van der Waals surface area contributed by atoms with Crippen LogP contribution in [0.3, 0.4) is 0 Å². The Balaban J connectivity index is 1.55. The molecule has 2 aromatic heterocycles. The summed E-state index contributed by atoms with van der Waals surface area (Å²) in [7, 11) is 0. The molecular weight excluding hydrogens is 371 g/mol. The third-order valence-electron chi connectivity index (χ3n) is 4.18. The predicted molar refractivity (Wildman–Crippen MR) is 108 cm³/mol. The monoisotopic (exact) mass is 386 g/mol. The lowest BCUT2D eigenvalue weighted by molar-refractivity contribution is 0.101. The number of hydrogen-bond donors (Lipinski definition) is 2. The molecule has 0 radical (unpaired) electrons. The number of rotatable bonds is 4. The number of para-hydroxylation sites is 1.